The van der Waals surface area contributed by atoms with Crippen molar-refractivity contribution in [1.82, 2.24) is 9.55 Å². The summed E-state index contributed by atoms with van der Waals surface area (Å²) in [4.78, 5) is 16.8. The summed E-state index contributed by atoms with van der Waals surface area (Å²) in [5.74, 6) is 1.29. The third kappa shape index (κ3) is 2.93. The van der Waals surface area contributed by atoms with Crippen LogP contribution in [0.4, 0.5) is 0 Å². The average molecular weight is 288 g/mol. The fourth-order valence-corrected chi connectivity index (χ4v) is 2.85. The van der Waals surface area contributed by atoms with Crippen LogP contribution in [0.5, 0.6) is 5.75 Å². The molecular weight excluding hydrogens is 268 g/mol. The van der Waals surface area contributed by atoms with Gasteiger partial charge in [-0.05, 0) is 37.3 Å². The van der Waals surface area contributed by atoms with Crippen LogP contribution >= 0.6 is 0 Å². The van der Waals surface area contributed by atoms with Crippen molar-refractivity contribution in [2.24, 2.45) is 5.92 Å². The van der Waals surface area contributed by atoms with E-state index in [4.69, 9.17) is 9.47 Å². The molecule has 1 aromatic heterocycles. The van der Waals surface area contributed by atoms with Crippen molar-refractivity contribution < 1.29 is 9.47 Å². The van der Waals surface area contributed by atoms with Gasteiger partial charge in [0.15, 0.2) is 0 Å². The van der Waals surface area contributed by atoms with Crippen LogP contribution < -0.4 is 10.3 Å². The number of methoxy groups -OCH3 is 1. The van der Waals surface area contributed by atoms with E-state index >= 15 is 0 Å². The Balaban J connectivity index is 1.76. The number of nitrogens with zero attached hydrogens (tertiary/aromatic N) is 2. The van der Waals surface area contributed by atoms with Crippen LogP contribution in [0.3, 0.4) is 0 Å². The molecule has 0 aliphatic carbocycles. The normalized spacial score (nSPS) is 18.2. The smallest absolute Gasteiger partial charge is 0.261 e. The van der Waals surface area contributed by atoms with Crippen molar-refractivity contribution in [3.8, 4) is 5.75 Å². The monoisotopic (exact) mass is 288 g/mol. The Bertz CT molecular complexity index is 675. The van der Waals surface area contributed by atoms with Gasteiger partial charge in [0.05, 0.1) is 18.8 Å². The van der Waals surface area contributed by atoms with Crippen LogP contribution in [-0.4, -0.2) is 29.9 Å². The summed E-state index contributed by atoms with van der Waals surface area (Å²) in [5.41, 5.74) is 0.631. The van der Waals surface area contributed by atoms with Crippen molar-refractivity contribution >= 4 is 10.9 Å². The van der Waals surface area contributed by atoms with E-state index in [9.17, 15) is 4.79 Å². The molecule has 1 unspecified atom stereocenters. The number of aromatic nitrogens is 2. The summed E-state index contributed by atoms with van der Waals surface area (Å²) in [6.07, 6.45) is 4.84. The van der Waals surface area contributed by atoms with E-state index in [0.29, 0.717) is 29.1 Å². The molecule has 0 bridgehead atoms. The van der Waals surface area contributed by atoms with E-state index in [2.05, 4.69) is 4.98 Å². The van der Waals surface area contributed by atoms with Gasteiger partial charge in [0.2, 0.25) is 0 Å². The van der Waals surface area contributed by atoms with Gasteiger partial charge in [-0.3, -0.25) is 9.36 Å². The second-order valence-electron chi connectivity index (χ2n) is 5.47. The minimum absolute atomic E-state index is 0.00146. The number of aryl methyl sites for hydroxylation is 1. The maximum Gasteiger partial charge on any atom is 0.261 e. The molecule has 5 heteroatoms. The van der Waals surface area contributed by atoms with Gasteiger partial charge < -0.3 is 9.47 Å². The Hall–Kier alpha value is -1.88. The maximum atomic E-state index is 12.5. The van der Waals surface area contributed by atoms with Gasteiger partial charge in [-0.2, -0.15) is 0 Å². The lowest BCUT2D eigenvalue weighted by atomic mass is 10.0. The molecule has 0 spiro atoms. The Morgan fingerprint density at radius 1 is 1.48 bits per heavy atom. The largest absolute Gasteiger partial charge is 0.494 e. The number of hydrogen-bond acceptors (Lipinski definition) is 4. The third-order valence-electron chi connectivity index (χ3n) is 4.07. The third-order valence-corrected chi connectivity index (χ3v) is 4.07. The van der Waals surface area contributed by atoms with Crippen LogP contribution in [0, 0.1) is 5.92 Å². The molecule has 1 atom stereocenters. The quantitative estimate of drug-likeness (QED) is 0.846. The molecule has 0 saturated carbocycles. The number of benzene rings is 1. The second-order valence-corrected chi connectivity index (χ2v) is 5.47. The zero-order valence-corrected chi connectivity index (χ0v) is 12.2. The Morgan fingerprint density at radius 2 is 2.38 bits per heavy atom. The summed E-state index contributed by atoms with van der Waals surface area (Å²) in [6, 6.07) is 5.44. The molecule has 1 saturated heterocycles. The van der Waals surface area contributed by atoms with E-state index < -0.39 is 0 Å². The van der Waals surface area contributed by atoms with Gasteiger partial charge in [-0.15, -0.1) is 0 Å². The fourth-order valence-electron chi connectivity index (χ4n) is 2.85. The predicted octanol–water partition coefficient (Wildman–Crippen LogP) is 2.22. The number of ether oxygens (including phenoxy) is 2. The first-order valence-electron chi connectivity index (χ1n) is 7.39. The zero-order valence-electron chi connectivity index (χ0n) is 12.2. The van der Waals surface area contributed by atoms with E-state index in [1.165, 1.54) is 0 Å². The molecule has 1 fully saturated rings. The van der Waals surface area contributed by atoms with E-state index in [0.717, 1.165) is 32.5 Å². The van der Waals surface area contributed by atoms with Crippen LogP contribution in [0.25, 0.3) is 10.9 Å². The standard InChI is InChI=1S/C16H20N2O3/c1-20-14-6-2-5-13-15(14)17-11-18(16(13)19)8-3-4-12-7-9-21-10-12/h2,5-6,11-12H,3-4,7-10H2,1H3. The van der Waals surface area contributed by atoms with Gasteiger partial charge in [0.25, 0.3) is 5.56 Å². The lowest BCUT2D eigenvalue weighted by Crippen LogP contribution is -2.21. The first-order valence-corrected chi connectivity index (χ1v) is 7.39. The highest BCUT2D eigenvalue weighted by molar-refractivity contribution is 5.83. The minimum atomic E-state index is 0.00146. The van der Waals surface area contributed by atoms with Crippen LogP contribution in [0.1, 0.15) is 19.3 Å². The molecule has 112 valence electrons. The van der Waals surface area contributed by atoms with Crippen molar-refractivity contribution in [3.63, 3.8) is 0 Å². The van der Waals surface area contributed by atoms with Crippen LogP contribution in [0.15, 0.2) is 29.3 Å². The fraction of sp³-hybridized carbons (Fsp3) is 0.500. The van der Waals surface area contributed by atoms with E-state index in [1.807, 2.05) is 12.1 Å². The Kier molecular flexibility index (Phi) is 4.20. The number of para-hydroxylation sites is 1. The maximum absolute atomic E-state index is 12.5. The SMILES string of the molecule is COc1cccc2c(=O)n(CCCC3CCOC3)cnc12. The van der Waals surface area contributed by atoms with Crippen LogP contribution in [0.2, 0.25) is 0 Å². The summed E-state index contributed by atoms with van der Waals surface area (Å²) in [6.45, 7) is 2.44. The summed E-state index contributed by atoms with van der Waals surface area (Å²) in [5, 5.41) is 0.612. The number of hydrogen-bond donors (Lipinski definition) is 0. The molecule has 1 aliphatic heterocycles. The van der Waals surface area contributed by atoms with Crippen molar-refractivity contribution in [3.05, 3.63) is 34.9 Å². The van der Waals surface area contributed by atoms with Crippen molar-refractivity contribution in [1.29, 1.82) is 0 Å². The lowest BCUT2D eigenvalue weighted by Gasteiger charge is -2.10. The van der Waals surface area contributed by atoms with E-state index in [1.54, 1.807) is 24.1 Å². The summed E-state index contributed by atoms with van der Waals surface area (Å²) >= 11 is 0. The highest BCUT2D eigenvalue weighted by Crippen LogP contribution is 2.21. The topological polar surface area (TPSA) is 53.4 Å². The zero-order chi connectivity index (χ0) is 14.7. The molecule has 2 heterocycles. The van der Waals surface area contributed by atoms with Gasteiger partial charge >= 0.3 is 0 Å². The van der Waals surface area contributed by atoms with Gasteiger partial charge in [0.1, 0.15) is 11.3 Å². The van der Waals surface area contributed by atoms with Gasteiger partial charge in [0, 0.05) is 19.8 Å². The first-order chi connectivity index (χ1) is 10.3. The molecular formula is C16H20N2O3. The summed E-state index contributed by atoms with van der Waals surface area (Å²) in [7, 11) is 1.59. The van der Waals surface area contributed by atoms with Gasteiger partial charge in [-0.1, -0.05) is 6.07 Å². The van der Waals surface area contributed by atoms with Crippen molar-refractivity contribution in [2.45, 2.75) is 25.8 Å². The lowest BCUT2D eigenvalue weighted by molar-refractivity contribution is 0.183. The number of fused-ring (bicyclic) bond motifs is 1. The first kappa shape index (κ1) is 14.1. The Morgan fingerprint density at radius 3 is 3.14 bits per heavy atom. The highest BCUT2D eigenvalue weighted by atomic mass is 16.5. The second kappa shape index (κ2) is 6.26. The minimum Gasteiger partial charge on any atom is -0.494 e. The Labute approximate surface area is 123 Å². The average Bonchev–Trinajstić information content (AvgIpc) is 3.02. The molecule has 5 nitrogen and oxygen atoms in total. The molecule has 1 aromatic carbocycles. The molecule has 1 aliphatic rings. The van der Waals surface area contributed by atoms with Gasteiger partial charge in [-0.25, -0.2) is 4.98 Å². The molecule has 0 N–H and O–H groups in total. The highest BCUT2D eigenvalue weighted by Gasteiger charge is 2.15. The molecule has 0 radical (unpaired) electrons. The molecule has 21 heavy (non-hydrogen) atoms. The van der Waals surface area contributed by atoms with Crippen LogP contribution in [-0.2, 0) is 11.3 Å². The predicted molar refractivity (Wildman–Crippen MR) is 80.7 cm³/mol. The number of rotatable bonds is 5. The molecule has 0 amide bonds. The molecule has 2 aromatic rings. The molecule has 3 rings (SSSR count). The van der Waals surface area contributed by atoms with E-state index in [-0.39, 0.29) is 5.56 Å². The summed E-state index contributed by atoms with van der Waals surface area (Å²) < 4.78 is 12.3. The van der Waals surface area contributed by atoms with Crippen molar-refractivity contribution in [2.75, 3.05) is 20.3 Å².